The maximum atomic E-state index is 11.7. The van der Waals surface area contributed by atoms with E-state index in [0.717, 1.165) is 29.5 Å². The Morgan fingerprint density at radius 2 is 0.889 bits per heavy atom. The maximum absolute atomic E-state index is 11.7. The Labute approximate surface area is 318 Å². The number of nitrogens with one attached hydrogen (secondary N) is 6. The number of amides is 3. The van der Waals surface area contributed by atoms with Crippen molar-refractivity contribution in [3.05, 3.63) is 71.3 Å². The largest absolute Gasteiger partial charge is 0.326 e. The van der Waals surface area contributed by atoms with Crippen LogP contribution in [0.25, 0.3) is 0 Å². The molecule has 0 radical (unpaired) electrons. The smallest absolute Gasteiger partial charge is 0.240 e. The first-order valence-electron chi connectivity index (χ1n) is 17.1. The van der Waals surface area contributed by atoms with Crippen LogP contribution in [0.1, 0.15) is 70.1 Å². The highest BCUT2D eigenvalue weighted by Crippen LogP contribution is 2.36. The van der Waals surface area contributed by atoms with Gasteiger partial charge in [0, 0.05) is 28.9 Å². The van der Waals surface area contributed by atoms with Gasteiger partial charge in [-0.2, -0.15) is 0 Å². The fraction of sp³-hybridized carbons (Fsp3) is 0.417. The summed E-state index contributed by atoms with van der Waals surface area (Å²) in [6.45, 7) is 5.80. The van der Waals surface area contributed by atoms with E-state index in [1.807, 2.05) is 20.8 Å². The van der Waals surface area contributed by atoms with Crippen molar-refractivity contribution in [3.8, 4) is 0 Å². The lowest BCUT2D eigenvalue weighted by atomic mass is 9.91. The van der Waals surface area contributed by atoms with Crippen molar-refractivity contribution in [1.29, 1.82) is 0 Å². The van der Waals surface area contributed by atoms with Crippen LogP contribution in [0, 0.1) is 11.8 Å². The first kappa shape index (κ1) is 44.2. The first-order chi connectivity index (χ1) is 24.9. The Kier molecular flexibility index (Phi) is 14.7. The number of carbonyl (C=O) groups excluding carboxylic acids is 3. The molecule has 54 heavy (non-hydrogen) atoms. The summed E-state index contributed by atoms with van der Waals surface area (Å²) in [4.78, 5) is 35.6. The number of carbonyl (C=O) groups is 3. The van der Waals surface area contributed by atoms with Crippen molar-refractivity contribution in [3.63, 3.8) is 0 Å². The van der Waals surface area contributed by atoms with Crippen LogP contribution >= 0.6 is 0 Å². The zero-order valence-electron chi connectivity index (χ0n) is 30.4. The molecular weight excluding hydrogens is 757 g/mol. The van der Waals surface area contributed by atoms with Crippen LogP contribution in [0.5, 0.6) is 0 Å². The molecule has 3 amide bonds. The number of sulfonamides is 3. The van der Waals surface area contributed by atoms with Gasteiger partial charge in [-0.1, -0.05) is 28.2 Å². The number of anilines is 3. The van der Waals surface area contributed by atoms with Gasteiger partial charge >= 0.3 is 0 Å². The van der Waals surface area contributed by atoms with E-state index < -0.39 is 30.1 Å². The summed E-state index contributed by atoms with van der Waals surface area (Å²) < 4.78 is 77.0. The molecule has 0 aromatic heterocycles. The minimum atomic E-state index is -3.46. The van der Waals surface area contributed by atoms with E-state index in [9.17, 15) is 39.6 Å². The Balaban J connectivity index is 0.000000216. The van der Waals surface area contributed by atoms with Gasteiger partial charge in [0.2, 0.25) is 47.8 Å². The molecule has 6 N–H and O–H groups in total. The highest BCUT2D eigenvalue weighted by molar-refractivity contribution is 7.90. The van der Waals surface area contributed by atoms with Gasteiger partial charge < -0.3 is 16.0 Å². The molecule has 3 aromatic carbocycles. The van der Waals surface area contributed by atoms with Crippen LogP contribution in [0.4, 0.5) is 17.1 Å². The van der Waals surface area contributed by atoms with Gasteiger partial charge in [0.05, 0.1) is 20.6 Å². The van der Waals surface area contributed by atoms with Gasteiger partial charge in [-0.3, -0.25) is 14.4 Å². The first-order valence-corrected chi connectivity index (χ1v) is 21.5. The van der Waals surface area contributed by atoms with Crippen molar-refractivity contribution < 1.29 is 39.6 Å². The lowest BCUT2D eigenvalue weighted by Gasteiger charge is -2.24. The monoisotopic (exact) mass is 806 g/mol. The molecule has 0 aliphatic carbocycles. The number of rotatable bonds is 9. The Bertz CT molecular complexity index is 2120. The van der Waals surface area contributed by atoms with Gasteiger partial charge in [0.1, 0.15) is 0 Å². The molecule has 3 aliphatic heterocycles. The van der Waals surface area contributed by atoms with Crippen molar-refractivity contribution >= 4 is 64.9 Å². The molecule has 0 bridgehead atoms. The minimum Gasteiger partial charge on any atom is -0.326 e. The second-order valence-corrected chi connectivity index (χ2v) is 18.2. The molecule has 3 heterocycles. The molecule has 3 aromatic rings. The van der Waals surface area contributed by atoms with Gasteiger partial charge in [-0.05, 0) is 125 Å². The maximum Gasteiger partial charge on any atom is 0.240 e. The summed E-state index contributed by atoms with van der Waals surface area (Å²) in [6.07, 6.45) is 3.32. The van der Waals surface area contributed by atoms with E-state index in [1.165, 1.54) is 39.3 Å². The third-order valence-electron chi connectivity index (χ3n) is 9.45. The molecule has 3 aliphatic rings. The average Bonchev–Trinajstić information content (AvgIpc) is 3.48. The summed E-state index contributed by atoms with van der Waals surface area (Å²) >= 11 is 0. The van der Waals surface area contributed by atoms with Gasteiger partial charge in [-0.25, -0.2) is 39.4 Å². The van der Waals surface area contributed by atoms with Gasteiger partial charge in [-0.15, -0.1) is 0 Å². The van der Waals surface area contributed by atoms with E-state index in [2.05, 4.69) is 30.1 Å². The molecule has 18 heteroatoms. The molecular formula is C36H50N6O9S3. The highest BCUT2D eigenvalue weighted by atomic mass is 32.2. The highest BCUT2D eigenvalue weighted by Gasteiger charge is 2.31. The van der Waals surface area contributed by atoms with Crippen LogP contribution in [0.2, 0.25) is 0 Å². The van der Waals surface area contributed by atoms with Crippen molar-refractivity contribution in [2.45, 2.75) is 80.9 Å². The minimum absolute atomic E-state index is 0. The summed E-state index contributed by atoms with van der Waals surface area (Å²) in [5.74, 6) is -0.461. The molecule has 0 saturated carbocycles. The third-order valence-corrected chi connectivity index (χ3v) is 13.7. The Morgan fingerprint density at radius 3 is 1.24 bits per heavy atom. The Hall–Kier alpha value is -4.20. The zero-order valence-corrected chi connectivity index (χ0v) is 32.8. The average molecular weight is 807 g/mol. The van der Waals surface area contributed by atoms with E-state index in [4.69, 9.17) is 0 Å². The lowest BCUT2D eigenvalue weighted by molar-refractivity contribution is -0.121. The second-order valence-electron chi connectivity index (χ2n) is 12.6. The standard InChI is InChI=1S/2C12H16N2O3S.C11H14N2O3S.CH4/c2*1-3-8-6-9-7-10(18(16,17)13-2)4-5-11(9)14-12(8)15;1-3-8-9-6-7(17(15,16)12-2)4-5-10(9)13-11(8)14;/h2*4-5,7-8,13H,3,6H2,1-2H3,(H,14,15);4-6,8,12H,3H2,1-2H3,(H,13,14);1H4. The van der Waals surface area contributed by atoms with Crippen molar-refractivity contribution in [2.75, 3.05) is 37.1 Å². The molecule has 3 unspecified atom stereocenters. The van der Waals surface area contributed by atoms with Crippen LogP contribution in [0.15, 0.2) is 69.3 Å². The van der Waals surface area contributed by atoms with E-state index in [-0.39, 0.29) is 57.6 Å². The summed E-state index contributed by atoms with van der Waals surface area (Å²) in [6, 6.07) is 14.2. The number of fused-ring (bicyclic) bond motifs is 3. The fourth-order valence-corrected chi connectivity index (χ4v) is 8.46. The van der Waals surface area contributed by atoms with Gasteiger partial charge in [0.25, 0.3) is 0 Å². The quantitative estimate of drug-likeness (QED) is 0.184. The predicted octanol–water partition coefficient (Wildman–Crippen LogP) is 3.91. The molecule has 296 valence electrons. The van der Waals surface area contributed by atoms with Crippen molar-refractivity contribution in [2.24, 2.45) is 11.8 Å². The zero-order chi connectivity index (χ0) is 39.3. The molecule has 0 saturated heterocycles. The predicted molar refractivity (Wildman–Crippen MR) is 209 cm³/mol. The summed E-state index contributed by atoms with van der Waals surface area (Å²) in [5, 5.41) is 8.35. The topological polar surface area (TPSA) is 226 Å². The molecule has 6 rings (SSSR count). The lowest BCUT2D eigenvalue weighted by Crippen LogP contribution is -2.29. The van der Waals surface area contributed by atoms with Crippen LogP contribution < -0.4 is 30.1 Å². The van der Waals surface area contributed by atoms with E-state index in [1.54, 1.807) is 36.4 Å². The summed E-state index contributed by atoms with van der Waals surface area (Å²) in [7, 11) is -6.20. The van der Waals surface area contributed by atoms with Crippen molar-refractivity contribution in [1.82, 2.24) is 14.2 Å². The second kappa shape index (κ2) is 18.0. The van der Waals surface area contributed by atoms with Crippen LogP contribution in [0.3, 0.4) is 0 Å². The fourth-order valence-electron chi connectivity index (χ4n) is 6.13. The van der Waals surface area contributed by atoms with Gasteiger partial charge in [0.15, 0.2) is 0 Å². The molecule has 0 fully saturated rings. The molecule has 3 atom stereocenters. The van der Waals surface area contributed by atoms with Crippen LogP contribution in [-0.2, 0) is 57.3 Å². The number of hydrogen-bond donors (Lipinski definition) is 6. The van der Waals surface area contributed by atoms with Crippen LogP contribution in [-0.4, -0.2) is 64.1 Å². The van der Waals surface area contributed by atoms with E-state index in [0.29, 0.717) is 36.3 Å². The summed E-state index contributed by atoms with van der Waals surface area (Å²) in [5.41, 5.74) is 4.63. The Morgan fingerprint density at radius 1 is 0.537 bits per heavy atom. The molecule has 15 nitrogen and oxygen atoms in total. The third kappa shape index (κ3) is 9.72. The normalized spacial score (nSPS) is 18.8. The number of benzene rings is 3. The molecule has 0 spiro atoms. The SMILES string of the molecule is C.CCC1C(=O)Nc2ccc(S(=O)(=O)NC)cc21.CCC1Cc2cc(S(=O)(=O)NC)ccc2NC1=O.CCC1Cc2cc(S(=O)(=O)NC)ccc2NC1=O. The van der Waals surface area contributed by atoms with E-state index >= 15 is 0 Å². The number of hydrogen-bond acceptors (Lipinski definition) is 9.